The summed E-state index contributed by atoms with van der Waals surface area (Å²) >= 11 is 0. The zero-order valence-electron chi connectivity index (χ0n) is 13.4. The van der Waals surface area contributed by atoms with Gasteiger partial charge in [-0.1, -0.05) is 36.4 Å². The number of nitrogens with one attached hydrogen (secondary N) is 1. The van der Waals surface area contributed by atoms with E-state index in [1.807, 2.05) is 0 Å². The van der Waals surface area contributed by atoms with Crippen LogP contribution < -0.4 is 5.32 Å². The van der Waals surface area contributed by atoms with Crippen molar-refractivity contribution in [2.45, 2.75) is 13.1 Å². The first kappa shape index (κ1) is 18.5. The smallest absolute Gasteiger partial charge is 0 e. The van der Waals surface area contributed by atoms with Crippen molar-refractivity contribution in [2.24, 2.45) is 0 Å². The van der Waals surface area contributed by atoms with Crippen LogP contribution in [-0.2, 0) is 53.9 Å². The Morgan fingerprint density at radius 3 is 1.56 bits per heavy atom. The summed E-state index contributed by atoms with van der Waals surface area (Å²) in [6, 6.07) is 28.4. The first-order valence-corrected chi connectivity index (χ1v) is 7.97. The minimum atomic E-state index is 0. The molecule has 0 fully saturated rings. The van der Waals surface area contributed by atoms with Crippen LogP contribution >= 0.6 is 0 Å². The van der Waals surface area contributed by atoms with E-state index in [4.69, 9.17) is 0 Å². The van der Waals surface area contributed by atoms with E-state index in [0.29, 0.717) is 0 Å². The molecule has 0 bridgehead atoms. The van der Waals surface area contributed by atoms with Gasteiger partial charge in [-0.15, -0.1) is 33.7 Å². The summed E-state index contributed by atoms with van der Waals surface area (Å²) in [5.74, 6) is 0. The number of rotatable bonds is 0. The molecule has 4 aromatic carbocycles. The minimum Gasteiger partial charge on any atom is -0.313 e. The van der Waals surface area contributed by atoms with Crippen LogP contribution in [0.2, 0.25) is 0 Å². The molecule has 124 valence electrons. The van der Waals surface area contributed by atoms with Gasteiger partial charge in [-0.05, 0) is 13.1 Å². The van der Waals surface area contributed by atoms with Crippen molar-refractivity contribution in [3.8, 4) is 11.1 Å². The van der Waals surface area contributed by atoms with E-state index in [9.17, 15) is 0 Å². The van der Waals surface area contributed by atoms with Gasteiger partial charge in [0, 0.05) is 40.8 Å². The molecule has 0 aliphatic carbocycles. The molecule has 3 heteroatoms. The Kier molecular flexibility index (Phi) is 5.55. The maximum atomic E-state index is 3.53. The molecule has 25 heavy (non-hydrogen) atoms. The van der Waals surface area contributed by atoms with Crippen LogP contribution in [0.25, 0.3) is 32.7 Å². The molecule has 0 saturated heterocycles. The number of benzene rings is 4. The van der Waals surface area contributed by atoms with E-state index in [1.54, 1.807) is 0 Å². The molecule has 5 rings (SSSR count). The Hall–Kier alpha value is -1.32. The van der Waals surface area contributed by atoms with Crippen LogP contribution in [0.3, 0.4) is 0 Å². The van der Waals surface area contributed by atoms with E-state index in [-0.39, 0.29) is 40.8 Å². The first-order valence-electron chi connectivity index (χ1n) is 7.97. The van der Waals surface area contributed by atoms with Gasteiger partial charge in [0.1, 0.15) is 0 Å². The van der Waals surface area contributed by atoms with Crippen LogP contribution in [0, 0.1) is 12.1 Å². The number of hydrogen-bond acceptors (Lipinski definition) is 1. The van der Waals surface area contributed by atoms with Crippen LogP contribution in [0.5, 0.6) is 0 Å². The molecule has 2 radical (unpaired) electrons. The summed E-state index contributed by atoms with van der Waals surface area (Å²) in [5.41, 5.74) is 5.12. The third kappa shape index (κ3) is 3.02. The van der Waals surface area contributed by atoms with Gasteiger partial charge in [-0.3, -0.25) is 0 Å². The molecule has 1 nitrogen and oxygen atoms in total. The average molecular weight is 666 g/mol. The molecule has 0 unspecified atom stereocenters. The van der Waals surface area contributed by atoms with Crippen molar-refractivity contribution in [3.63, 3.8) is 0 Å². The molecule has 0 atom stereocenters. The maximum absolute atomic E-state index is 3.53. The van der Waals surface area contributed by atoms with Gasteiger partial charge in [0.2, 0.25) is 0 Å². The SMILES string of the molecule is [Re].[Re].[c-]1cc2ccccc2c2c1CNCc1[c-]cc3ccccc3c1-2. The predicted molar refractivity (Wildman–Crippen MR) is 95.1 cm³/mol. The second-order valence-electron chi connectivity index (χ2n) is 6.06. The summed E-state index contributed by atoms with van der Waals surface area (Å²) in [4.78, 5) is 0. The Morgan fingerprint density at radius 1 is 0.640 bits per heavy atom. The van der Waals surface area contributed by atoms with Crippen molar-refractivity contribution in [2.75, 3.05) is 0 Å². The molecule has 0 aromatic heterocycles. The van der Waals surface area contributed by atoms with Crippen molar-refractivity contribution < 1.29 is 40.8 Å². The van der Waals surface area contributed by atoms with Crippen LogP contribution in [0.1, 0.15) is 11.1 Å². The Balaban J connectivity index is 0.000000911. The molecular weight excluding hydrogens is 651 g/mol. The summed E-state index contributed by atoms with van der Waals surface area (Å²) in [6.07, 6.45) is 0. The van der Waals surface area contributed by atoms with Crippen molar-refractivity contribution in [1.29, 1.82) is 0 Å². The molecule has 0 amide bonds. The van der Waals surface area contributed by atoms with Gasteiger partial charge < -0.3 is 5.32 Å². The molecule has 0 spiro atoms. The normalized spacial score (nSPS) is 12.5. The number of fused-ring (bicyclic) bond motifs is 7. The topological polar surface area (TPSA) is 12.0 Å². The molecule has 1 aliphatic heterocycles. The second kappa shape index (κ2) is 7.51. The van der Waals surface area contributed by atoms with E-state index in [0.717, 1.165) is 13.1 Å². The standard InChI is InChI=1S/C22H15N.2Re/c1-3-7-19-15(5-1)9-11-17-13-23-14-18-12-10-16-6-2-4-8-20(16)22(18)21(17)19;;/h1-10,23H,13-14H2;;/q-2;;. The van der Waals surface area contributed by atoms with Gasteiger partial charge in [0.15, 0.2) is 0 Å². The predicted octanol–water partition coefficient (Wildman–Crippen LogP) is 4.86. The molecule has 1 heterocycles. The Bertz CT molecular complexity index is 971. The van der Waals surface area contributed by atoms with Crippen molar-refractivity contribution in [3.05, 3.63) is 83.9 Å². The molecule has 1 N–H and O–H groups in total. The zero-order valence-corrected chi connectivity index (χ0v) is 18.9. The monoisotopic (exact) mass is 667 g/mol. The summed E-state index contributed by atoms with van der Waals surface area (Å²) < 4.78 is 0. The largest absolute Gasteiger partial charge is 0.313 e. The van der Waals surface area contributed by atoms with E-state index in [1.165, 1.54) is 43.8 Å². The molecule has 1 aliphatic rings. The van der Waals surface area contributed by atoms with E-state index in [2.05, 4.69) is 78.1 Å². The third-order valence-electron chi connectivity index (χ3n) is 4.72. The van der Waals surface area contributed by atoms with E-state index >= 15 is 0 Å². The van der Waals surface area contributed by atoms with Gasteiger partial charge >= 0.3 is 0 Å². The number of hydrogen-bond donors (Lipinski definition) is 1. The van der Waals surface area contributed by atoms with Crippen LogP contribution in [-0.4, -0.2) is 0 Å². The molecular formula is C22H15NRe2-2. The summed E-state index contributed by atoms with van der Waals surface area (Å²) in [7, 11) is 0. The molecule has 4 aromatic rings. The van der Waals surface area contributed by atoms with Crippen LogP contribution in [0.4, 0.5) is 0 Å². The fraction of sp³-hybridized carbons (Fsp3) is 0.0909. The fourth-order valence-corrected chi connectivity index (χ4v) is 3.66. The summed E-state index contributed by atoms with van der Waals surface area (Å²) in [6.45, 7) is 1.69. The minimum absolute atomic E-state index is 0. The van der Waals surface area contributed by atoms with Gasteiger partial charge in [-0.2, -0.15) is 46.5 Å². The van der Waals surface area contributed by atoms with Gasteiger partial charge in [0.25, 0.3) is 0 Å². The first-order chi connectivity index (χ1) is 11.4. The summed E-state index contributed by atoms with van der Waals surface area (Å²) in [5, 5.41) is 8.62. The van der Waals surface area contributed by atoms with Crippen molar-refractivity contribution in [1.82, 2.24) is 5.32 Å². The average Bonchev–Trinajstić information content (AvgIpc) is 2.81. The fourth-order valence-electron chi connectivity index (χ4n) is 3.66. The quantitative estimate of drug-likeness (QED) is 0.265. The maximum Gasteiger partial charge on any atom is 0 e. The van der Waals surface area contributed by atoms with Crippen molar-refractivity contribution >= 4 is 21.5 Å². The Morgan fingerprint density at radius 2 is 1.08 bits per heavy atom. The van der Waals surface area contributed by atoms with Gasteiger partial charge in [0.05, 0.1) is 0 Å². The zero-order chi connectivity index (χ0) is 15.2. The van der Waals surface area contributed by atoms with Crippen LogP contribution in [0.15, 0.2) is 60.7 Å². The Labute approximate surface area is 175 Å². The van der Waals surface area contributed by atoms with E-state index < -0.39 is 0 Å². The third-order valence-corrected chi connectivity index (χ3v) is 4.72. The second-order valence-corrected chi connectivity index (χ2v) is 6.06. The molecule has 0 saturated carbocycles. The van der Waals surface area contributed by atoms with Gasteiger partial charge in [-0.25, -0.2) is 0 Å².